The van der Waals surface area contributed by atoms with Gasteiger partial charge in [-0.1, -0.05) is 0 Å². The summed E-state index contributed by atoms with van der Waals surface area (Å²) in [6.07, 6.45) is 0. The number of aliphatic imine (C=N–C) groups is 1. The van der Waals surface area contributed by atoms with Crippen LogP contribution in [0.1, 0.15) is 27.7 Å². The van der Waals surface area contributed by atoms with E-state index in [9.17, 15) is 0 Å². The van der Waals surface area contributed by atoms with Crippen molar-refractivity contribution < 1.29 is 4.74 Å². The summed E-state index contributed by atoms with van der Waals surface area (Å²) >= 11 is 0. The maximum Gasteiger partial charge on any atom is 0.287 e. The van der Waals surface area contributed by atoms with Gasteiger partial charge >= 0.3 is 0 Å². The van der Waals surface area contributed by atoms with Crippen LogP contribution in [0, 0.1) is 0 Å². The van der Waals surface area contributed by atoms with Crippen LogP contribution in [0.4, 0.5) is 0 Å². The molecular formula is C9H18N2O. The van der Waals surface area contributed by atoms with Crippen LogP contribution < -0.4 is 0 Å². The first kappa shape index (κ1) is 9.36. The van der Waals surface area contributed by atoms with Gasteiger partial charge in [-0.3, -0.25) is 0 Å². The van der Waals surface area contributed by atoms with Gasteiger partial charge in [-0.15, -0.1) is 0 Å². The van der Waals surface area contributed by atoms with Crippen molar-refractivity contribution in [3.8, 4) is 0 Å². The van der Waals surface area contributed by atoms with E-state index < -0.39 is 0 Å². The molecule has 0 unspecified atom stereocenters. The Morgan fingerprint density at radius 2 is 1.83 bits per heavy atom. The second kappa shape index (κ2) is 3.78. The van der Waals surface area contributed by atoms with Gasteiger partial charge in [0.2, 0.25) is 0 Å². The van der Waals surface area contributed by atoms with Gasteiger partial charge in [0.1, 0.15) is 6.61 Å². The predicted octanol–water partition coefficient (Wildman–Crippen LogP) is 1.49. The average molecular weight is 170 g/mol. The summed E-state index contributed by atoms with van der Waals surface area (Å²) < 4.78 is 5.41. The molecule has 0 amide bonds. The molecule has 0 saturated carbocycles. The van der Waals surface area contributed by atoms with Crippen LogP contribution in [-0.2, 0) is 4.74 Å². The molecule has 0 aromatic carbocycles. The summed E-state index contributed by atoms with van der Waals surface area (Å²) in [6, 6.07) is 1.74. The number of hydrogen-bond acceptors (Lipinski definition) is 3. The standard InChI is InChI=1S/C9H18N2O/c1-7(2)11(8(3)4)9-10-5-6-12-9/h7-8H,5-6H2,1-4H3. The highest BCUT2D eigenvalue weighted by molar-refractivity contribution is 5.75. The molecular weight excluding hydrogens is 152 g/mol. The number of hydrogen-bond donors (Lipinski definition) is 0. The maximum atomic E-state index is 5.41. The van der Waals surface area contributed by atoms with Gasteiger partial charge in [0, 0.05) is 12.1 Å². The number of amidine groups is 1. The number of rotatable bonds is 2. The van der Waals surface area contributed by atoms with Crippen LogP contribution in [0.2, 0.25) is 0 Å². The topological polar surface area (TPSA) is 24.8 Å². The van der Waals surface area contributed by atoms with Crippen molar-refractivity contribution in [2.45, 2.75) is 39.8 Å². The number of ether oxygens (including phenoxy) is 1. The molecule has 12 heavy (non-hydrogen) atoms. The van der Waals surface area contributed by atoms with Crippen molar-refractivity contribution in [1.82, 2.24) is 4.90 Å². The number of nitrogens with zero attached hydrogens (tertiary/aromatic N) is 2. The Morgan fingerprint density at radius 1 is 1.25 bits per heavy atom. The Labute approximate surface area is 74.4 Å². The largest absolute Gasteiger partial charge is 0.463 e. The molecule has 70 valence electrons. The van der Waals surface area contributed by atoms with Crippen molar-refractivity contribution in [1.29, 1.82) is 0 Å². The first-order valence-corrected chi connectivity index (χ1v) is 4.58. The molecule has 0 saturated heterocycles. The van der Waals surface area contributed by atoms with Gasteiger partial charge in [0.05, 0.1) is 6.54 Å². The van der Waals surface area contributed by atoms with E-state index in [-0.39, 0.29) is 0 Å². The fourth-order valence-corrected chi connectivity index (χ4v) is 1.52. The normalized spacial score (nSPS) is 16.7. The zero-order chi connectivity index (χ0) is 9.14. The molecule has 0 aromatic heterocycles. The molecule has 0 bridgehead atoms. The van der Waals surface area contributed by atoms with Crippen LogP contribution in [-0.4, -0.2) is 36.2 Å². The molecule has 0 radical (unpaired) electrons. The Hall–Kier alpha value is -0.730. The molecule has 0 atom stereocenters. The zero-order valence-corrected chi connectivity index (χ0v) is 8.37. The Bertz CT molecular complexity index is 167. The first-order chi connectivity index (χ1) is 5.63. The van der Waals surface area contributed by atoms with Crippen LogP contribution in [0.25, 0.3) is 0 Å². The summed E-state index contributed by atoms with van der Waals surface area (Å²) in [7, 11) is 0. The van der Waals surface area contributed by atoms with Crippen molar-refractivity contribution in [2.75, 3.05) is 13.2 Å². The Kier molecular flexibility index (Phi) is 2.95. The van der Waals surface area contributed by atoms with E-state index in [2.05, 4.69) is 37.6 Å². The lowest BCUT2D eigenvalue weighted by Gasteiger charge is -2.31. The highest BCUT2D eigenvalue weighted by Crippen LogP contribution is 2.10. The molecule has 1 heterocycles. The first-order valence-electron chi connectivity index (χ1n) is 4.58. The third-order valence-electron chi connectivity index (χ3n) is 1.90. The molecule has 1 aliphatic heterocycles. The molecule has 0 aromatic rings. The van der Waals surface area contributed by atoms with Crippen molar-refractivity contribution in [3.05, 3.63) is 0 Å². The second-order valence-corrected chi connectivity index (χ2v) is 3.61. The van der Waals surface area contributed by atoms with Crippen molar-refractivity contribution in [2.24, 2.45) is 4.99 Å². The summed E-state index contributed by atoms with van der Waals surface area (Å²) in [5, 5.41) is 0. The molecule has 3 nitrogen and oxygen atoms in total. The van der Waals surface area contributed by atoms with Crippen molar-refractivity contribution >= 4 is 6.02 Å². The molecule has 0 N–H and O–H groups in total. The molecule has 3 heteroatoms. The minimum Gasteiger partial charge on any atom is -0.463 e. The van der Waals surface area contributed by atoms with Gasteiger partial charge in [0.15, 0.2) is 0 Å². The fraction of sp³-hybridized carbons (Fsp3) is 0.889. The third-order valence-corrected chi connectivity index (χ3v) is 1.90. The van der Waals surface area contributed by atoms with Crippen LogP contribution in [0.15, 0.2) is 4.99 Å². The SMILES string of the molecule is CC(C)N(C1=NCCO1)C(C)C. The lowest BCUT2D eigenvalue weighted by atomic mass is 10.2. The van der Waals surface area contributed by atoms with Crippen LogP contribution in [0.5, 0.6) is 0 Å². The van der Waals surface area contributed by atoms with E-state index >= 15 is 0 Å². The minimum absolute atomic E-state index is 0.460. The van der Waals surface area contributed by atoms with Crippen LogP contribution in [0.3, 0.4) is 0 Å². The molecule has 1 rings (SSSR count). The minimum atomic E-state index is 0.460. The van der Waals surface area contributed by atoms with E-state index in [1.165, 1.54) is 0 Å². The predicted molar refractivity (Wildman–Crippen MR) is 50.4 cm³/mol. The molecule has 0 fully saturated rings. The summed E-state index contributed by atoms with van der Waals surface area (Å²) in [5.41, 5.74) is 0. The zero-order valence-electron chi connectivity index (χ0n) is 8.37. The third kappa shape index (κ3) is 1.90. The average Bonchev–Trinajstić information content (AvgIpc) is 2.37. The fourth-order valence-electron chi connectivity index (χ4n) is 1.52. The van der Waals surface area contributed by atoms with E-state index in [4.69, 9.17) is 4.74 Å². The molecule has 0 aliphatic carbocycles. The Morgan fingerprint density at radius 3 is 2.17 bits per heavy atom. The van der Waals surface area contributed by atoms with Crippen LogP contribution >= 0.6 is 0 Å². The van der Waals surface area contributed by atoms with Gasteiger partial charge in [-0.05, 0) is 27.7 Å². The van der Waals surface area contributed by atoms with Gasteiger partial charge in [-0.25, -0.2) is 4.99 Å². The Balaban J connectivity index is 2.65. The lowest BCUT2D eigenvalue weighted by molar-refractivity contribution is 0.207. The van der Waals surface area contributed by atoms with E-state index in [1.807, 2.05) is 0 Å². The summed E-state index contributed by atoms with van der Waals surface area (Å²) in [4.78, 5) is 6.50. The second-order valence-electron chi connectivity index (χ2n) is 3.61. The van der Waals surface area contributed by atoms with Gasteiger partial charge in [0.25, 0.3) is 6.02 Å². The van der Waals surface area contributed by atoms with Gasteiger partial charge in [-0.2, -0.15) is 0 Å². The highest BCUT2D eigenvalue weighted by atomic mass is 16.5. The van der Waals surface area contributed by atoms with E-state index in [0.29, 0.717) is 12.1 Å². The quantitative estimate of drug-likeness (QED) is 0.627. The van der Waals surface area contributed by atoms with E-state index in [1.54, 1.807) is 0 Å². The maximum absolute atomic E-state index is 5.41. The molecule has 1 aliphatic rings. The smallest absolute Gasteiger partial charge is 0.287 e. The molecule has 0 spiro atoms. The van der Waals surface area contributed by atoms with E-state index in [0.717, 1.165) is 19.2 Å². The highest BCUT2D eigenvalue weighted by Gasteiger charge is 2.21. The van der Waals surface area contributed by atoms with Gasteiger partial charge < -0.3 is 9.64 Å². The lowest BCUT2D eigenvalue weighted by Crippen LogP contribution is -2.42. The van der Waals surface area contributed by atoms with Crippen molar-refractivity contribution in [3.63, 3.8) is 0 Å². The summed E-state index contributed by atoms with van der Waals surface area (Å²) in [6.45, 7) is 10.2. The summed E-state index contributed by atoms with van der Waals surface area (Å²) in [5.74, 6) is 0. The monoisotopic (exact) mass is 170 g/mol.